The minimum absolute atomic E-state index is 0.315. The van der Waals surface area contributed by atoms with Gasteiger partial charge in [-0.05, 0) is 6.07 Å². The maximum Gasteiger partial charge on any atom is 0.303 e. The summed E-state index contributed by atoms with van der Waals surface area (Å²) in [5.74, 6) is -0.140. The zero-order valence-corrected chi connectivity index (χ0v) is 17.2. The van der Waals surface area contributed by atoms with Crippen LogP contribution in [0.15, 0.2) is 47.4 Å². The lowest BCUT2D eigenvalue weighted by Crippen LogP contribution is -2.21. The quantitative estimate of drug-likeness (QED) is 0.557. The van der Waals surface area contributed by atoms with Crippen molar-refractivity contribution in [2.75, 3.05) is 39.3 Å². The molecule has 148 valence electrons. The Morgan fingerprint density at radius 2 is 1.96 bits per heavy atom. The van der Waals surface area contributed by atoms with E-state index in [9.17, 15) is 14.3 Å². The first-order valence-corrected chi connectivity index (χ1v) is 10.8. The van der Waals surface area contributed by atoms with Crippen LogP contribution in [0.25, 0.3) is 0 Å². The third kappa shape index (κ3) is 3.83. The van der Waals surface area contributed by atoms with E-state index in [-0.39, 0.29) is 12.6 Å². The molecule has 1 aromatic carbocycles. The second-order valence-corrected chi connectivity index (χ2v) is 9.75. The summed E-state index contributed by atoms with van der Waals surface area (Å²) in [6.45, 7) is 0. The summed E-state index contributed by atoms with van der Waals surface area (Å²) in [4.78, 5) is 25.6. The summed E-state index contributed by atoms with van der Waals surface area (Å²) in [6.07, 6.45) is 5.96. The van der Waals surface area contributed by atoms with Crippen molar-refractivity contribution in [3.8, 4) is 5.75 Å². The smallest absolute Gasteiger partial charge is 0.303 e. The number of benzene rings is 1. The Labute approximate surface area is 164 Å². The lowest BCUT2D eigenvalue weighted by molar-refractivity contribution is -0.136. The van der Waals surface area contributed by atoms with Gasteiger partial charge in [0.2, 0.25) is 13.1 Å². The summed E-state index contributed by atoms with van der Waals surface area (Å²) in [6, 6.07) is 5.45. The van der Waals surface area contributed by atoms with Crippen molar-refractivity contribution in [1.29, 1.82) is 0 Å². The molecule has 2 aliphatic rings. The molecule has 1 aromatic rings. The second-order valence-electron chi connectivity index (χ2n) is 7.27. The highest BCUT2D eigenvalue weighted by molar-refractivity contribution is 7.58. The van der Waals surface area contributed by atoms with E-state index < -0.39 is 19.0 Å². The van der Waals surface area contributed by atoms with Crippen LogP contribution in [0.3, 0.4) is 0 Å². The largest absolute Gasteiger partial charge is 0.481 e. The fraction of sp³-hybridized carbons (Fsp3) is 0.350. The Kier molecular flexibility index (Phi) is 5.35. The summed E-state index contributed by atoms with van der Waals surface area (Å²) in [5.41, 5.74) is 1.92. The highest BCUT2D eigenvalue weighted by atomic mass is 31.2. The van der Waals surface area contributed by atoms with Gasteiger partial charge in [0.15, 0.2) is 17.0 Å². The van der Waals surface area contributed by atoms with Gasteiger partial charge in [0.25, 0.3) is 0 Å². The predicted molar refractivity (Wildman–Crippen MR) is 108 cm³/mol. The third-order valence-corrected chi connectivity index (χ3v) is 7.00. The number of nitrogens with zero attached hydrogens (tertiary/aromatic N) is 2. The molecule has 0 radical (unpaired) electrons. The number of hydrogen-bond donors (Lipinski definition) is 2. The maximum absolute atomic E-state index is 13.2. The van der Waals surface area contributed by atoms with Crippen molar-refractivity contribution in [2.45, 2.75) is 12.1 Å². The van der Waals surface area contributed by atoms with Gasteiger partial charge in [-0.15, -0.1) is 0 Å². The first-order chi connectivity index (χ1) is 13.1. The highest BCUT2D eigenvalue weighted by Gasteiger charge is 2.46. The first kappa shape index (κ1) is 20.2. The number of carboxylic acids is 1. The van der Waals surface area contributed by atoms with Gasteiger partial charge in [0, 0.05) is 51.7 Å². The molecule has 2 N–H and O–H groups in total. The van der Waals surface area contributed by atoms with Crippen molar-refractivity contribution in [2.24, 2.45) is 0 Å². The SMILES string of the molecule is CN(C)C1=CC2=C([C+]=C1)C(P(=O)(O)CCC(=O)O)c1ccc(N(C)C)cc1O2. The molecule has 0 amide bonds. The zero-order chi connectivity index (χ0) is 20.6. The molecule has 0 bridgehead atoms. The number of likely N-dealkylation sites (N-methyl/N-ethyl adjacent to an activating group) is 1. The molecule has 8 heteroatoms. The number of rotatable bonds is 6. The van der Waals surface area contributed by atoms with E-state index in [0.29, 0.717) is 22.6 Å². The highest BCUT2D eigenvalue weighted by Crippen LogP contribution is 2.63. The minimum atomic E-state index is -3.88. The first-order valence-electron chi connectivity index (χ1n) is 8.85. The average Bonchev–Trinajstić information content (AvgIpc) is 2.63. The van der Waals surface area contributed by atoms with E-state index in [4.69, 9.17) is 9.84 Å². The molecule has 0 spiro atoms. The third-order valence-electron chi connectivity index (χ3n) is 4.79. The Bertz CT molecular complexity index is 946. The van der Waals surface area contributed by atoms with Gasteiger partial charge in [-0.2, -0.15) is 0 Å². The Morgan fingerprint density at radius 3 is 2.57 bits per heavy atom. The van der Waals surface area contributed by atoms with Gasteiger partial charge in [0.1, 0.15) is 17.8 Å². The van der Waals surface area contributed by atoms with Crippen molar-refractivity contribution in [1.82, 2.24) is 4.90 Å². The molecule has 0 saturated carbocycles. The number of carboxylic acid groups (broad SMARTS) is 1. The lowest BCUT2D eigenvalue weighted by atomic mass is 9.96. The molecule has 0 aromatic heterocycles. The average molecular weight is 403 g/mol. The summed E-state index contributed by atoms with van der Waals surface area (Å²) in [7, 11) is 3.69. The van der Waals surface area contributed by atoms with E-state index in [0.717, 1.165) is 11.4 Å². The number of fused-ring (bicyclic) bond motifs is 1. The number of carbonyl (C=O) groups is 1. The zero-order valence-electron chi connectivity index (χ0n) is 16.3. The van der Waals surface area contributed by atoms with Crippen LogP contribution in [0.5, 0.6) is 5.75 Å². The van der Waals surface area contributed by atoms with Crippen LogP contribution < -0.4 is 9.64 Å². The van der Waals surface area contributed by atoms with Gasteiger partial charge in [-0.25, -0.2) is 0 Å². The molecule has 3 rings (SSSR count). The fourth-order valence-electron chi connectivity index (χ4n) is 3.23. The van der Waals surface area contributed by atoms with Gasteiger partial charge in [-0.3, -0.25) is 9.36 Å². The van der Waals surface area contributed by atoms with E-state index in [1.165, 1.54) is 0 Å². The Hall–Kier alpha value is -2.59. The van der Waals surface area contributed by atoms with Crippen LogP contribution >= 0.6 is 7.37 Å². The van der Waals surface area contributed by atoms with Gasteiger partial charge in [-0.1, -0.05) is 6.07 Å². The lowest BCUT2D eigenvalue weighted by Gasteiger charge is -2.29. The Morgan fingerprint density at radius 1 is 1.25 bits per heavy atom. The molecular weight excluding hydrogens is 379 g/mol. The topological polar surface area (TPSA) is 90.3 Å². The normalized spacial score (nSPS) is 19.5. The fourth-order valence-corrected chi connectivity index (χ4v) is 5.25. The number of anilines is 1. The van der Waals surface area contributed by atoms with Crippen molar-refractivity contribution in [3.63, 3.8) is 0 Å². The molecule has 7 nitrogen and oxygen atoms in total. The van der Waals surface area contributed by atoms with Crippen LogP contribution in [0.2, 0.25) is 0 Å². The van der Waals surface area contributed by atoms with Gasteiger partial charge < -0.3 is 24.5 Å². The van der Waals surface area contributed by atoms with Gasteiger partial charge in [0.05, 0.1) is 12.5 Å². The molecule has 1 aliphatic heterocycles. The molecule has 2 atom stereocenters. The van der Waals surface area contributed by atoms with Crippen LogP contribution in [-0.4, -0.2) is 55.2 Å². The van der Waals surface area contributed by atoms with Crippen LogP contribution in [-0.2, 0) is 9.36 Å². The standard InChI is InChI=1S/C20H23N2O5P/c1-21(2)13-5-7-15-17(11-13)27-18-12-14(22(3)4)6-8-16(18)20(15)28(25,26)10-9-19(23)24/h5-7,11-12,20H,9-10H2,1-4H3,(H-,23,24,25,26)/p+1. The molecule has 28 heavy (non-hydrogen) atoms. The van der Waals surface area contributed by atoms with E-state index >= 15 is 0 Å². The predicted octanol–water partition coefficient (Wildman–Crippen LogP) is 3.00. The van der Waals surface area contributed by atoms with E-state index in [2.05, 4.69) is 6.08 Å². The van der Waals surface area contributed by atoms with Crippen molar-refractivity contribution < 1.29 is 24.1 Å². The van der Waals surface area contributed by atoms with Crippen LogP contribution in [0.4, 0.5) is 5.69 Å². The van der Waals surface area contributed by atoms with E-state index in [1.54, 1.807) is 18.2 Å². The van der Waals surface area contributed by atoms with Crippen molar-refractivity contribution in [3.05, 3.63) is 59.0 Å². The molecule has 0 fully saturated rings. The monoisotopic (exact) mass is 403 g/mol. The van der Waals surface area contributed by atoms with Crippen molar-refractivity contribution >= 4 is 19.0 Å². The number of ether oxygens (including phenoxy) is 1. The molecule has 1 aliphatic carbocycles. The summed E-state index contributed by atoms with van der Waals surface area (Å²) >= 11 is 0. The number of allylic oxidation sites excluding steroid dienone is 4. The van der Waals surface area contributed by atoms with E-state index in [1.807, 2.05) is 50.1 Å². The molecule has 0 saturated heterocycles. The number of aliphatic carboxylic acids is 1. The molecular formula is C20H24N2O5P+. The maximum atomic E-state index is 13.2. The molecule has 2 unspecified atom stereocenters. The second kappa shape index (κ2) is 7.44. The van der Waals surface area contributed by atoms with Crippen LogP contribution in [0, 0.1) is 6.08 Å². The summed E-state index contributed by atoms with van der Waals surface area (Å²) < 4.78 is 19.3. The van der Waals surface area contributed by atoms with Crippen LogP contribution in [0.1, 0.15) is 17.6 Å². The molecule has 1 heterocycles. The van der Waals surface area contributed by atoms with Gasteiger partial charge >= 0.3 is 5.97 Å². The minimum Gasteiger partial charge on any atom is -0.481 e. The summed E-state index contributed by atoms with van der Waals surface area (Å²) in [5, 5.41) is 8.98. The number of hydrogen-bond acceptors (Lipinski definition) is 5. The Balaban J connectivity index is 2.13.